The van der Waals surface area contributed by atoms with E-state index in [4.69, 9.17) is 0 Å². The molecule has 192 valence electrons. The van der Waals surface area contributed by atoms with Crippen molar-refractivity contribution in [2.45, 2.75) is 33.7 Å². The molecule has 0 unspecified atom stereocenters. The molecule has 0 aliphatic heterocycles. The maximum absolute atomic E-state index is 13.7. The van der Waals surface area contributed by atoms with Gasteiger partial charge in [0.05, 0.1) is 30.1 Å². The number of benzene rings is 2. The van der Waals surface area contributed by atoms with Crippen molar-refractivity contribution in [3.63, 3.8) is 0 Å². The maximum Gasteiger partial charge on any atom is 0.277 e. The Bertz CT molecular complexity index is 1710. The average Bonchev–Trinajstić information content (AvgIpc) is 3.34. The molecule has 0 aliphatic rings. The smallest absolute Gasteiger partial charge is 0.277 e. The fraction of sp³-hybridized carbons (Fsp3) is 0.200. The van der Waals surface area contributed by atoms with Gasteiger partial charge in [-0.05, 0) is 54.8 Å². The molecule has 0 fully saturated rings. The van der Waals surface area contributed by atoms with Gasteiger partial charge in [0, 0.05) is 29.3 Å². The van der Waals surface area contributed by atoms with Crippen molar-refractivity contribution < 1.29 is 9.18 Å². The third-order valence-corrected chi connectivity index (χ3v) is 6.80. The van der Waals surface area contributed by atoms with Crippen LogP contribution in [0.3, 0.4) is 0 Å². The minimum absolute atomic E-state index is 0.134. The van der Waals surface area contributed by atoms with Crippen LogP contribution in [0.15, 0.2) is 84.2 Å². The van der Waals surface area contributed by atoms with E-state index < -0.39 is 0 Å². The van der Waals surface area contributed by atoms with Crippen LogP contribution < -0.4 is 10.9 Å². The first kappa shape index (κ1) is 25.1. The van der Waals surface area contributed by atoms with Crippen molar-refractivity contribution in [1.82, 2.24) is 19.1 Å². The number of halogens is 1. The Kier molecular flexibility index (Phi) is 6.87. The summed E-state index contributed by atoms with van der Waals surface area (Å²) in [5.74, 6) is -0.245. The van der Waals surface area contributed by atoms with Gasteiger partial charge in [-0.1, -0.05) is 38.1 Å². The van der Waals surface area contributed by atoms with Gasteiger partial charge in [0.2, 0.25) is 5.91 Å². The largest absolute Gasteiger partial charge is 0.320 e. The van der Waals surface area contributed by atoms with Crippen molar-refractivity contribution in [3.8, 4) is 17.1 Å². The van der Waals surface area contributed by atoms with Crippen LogP contribution in [-0.2, 0) is 11.3 Å². The molecule has 3 aromatic heterocycles. The van der Waals surface area contributed by atoms with Crippen molar-refractivity contribution in [2.75, 3.05) is 5.32 Å². The Morgan fingerprint density at radius 2 is 1.89 bits per heavy atom. The lowest BCUT2D eigenvalue weighted by atomic mass is 10.1. The zero-order chi connectivity index (χ0) is 26.8. The number of carbonyl (C=O) groups excluding carboxylic acids is 1. The van der Waals surface area contributed by atoms with Crippen molar-refractivity contribution in [2.24, 2.45) is 5.92 Å². The molecular weight excluding hydrogens is 481 g/mol. The Balaban J connectivity index is 1.58. The number of hydrogen-bond acceptors (Lipinski definition) is 4. The molecule has 5 aromatic rings. The highest BCUT2D eigenvalue weighted by atomic mass is 19.1. The van der Waals surface area contributed by atoms with E-state index in [1.54, 1.807) is 23.0 Å². The quantitative estimate of drug-likeness (QED) is 0.304. The lowest BCUT2D eigenvalue weighted by Gasteiger charge is -2.17. The second-order valence-electron chi connectivity index (χ2n) is 9.44. The number of hydrogen-bond donors (Lipinski definition) is 1. The fourth-order valence-corrected chi connectivity index (χ4v) is 4.42. The molecule has 0 bridgehead atoms. The number of aromatic nitrogens is 4. The van der Waals surface area contributed by atoms with Crippen LogP contribution in [0.4, 0.5) is 10.1 Å². The van der Waals surface area contributed by atoms with Gasteiger partial charge < -0.3 is 9.88 Å². The summed E-state index contributed by atoms with van der Waals surface area (Å²) in [4.78, 5) is 35.3. The Morgan fingerprint density at radius 1 is 1.08 bits per heavy atom. The molecule has 0 radical (unpaired) electrons. The van der Waals surface area contributed by atoms with Gasteiger partial charge >= 0.3 is 0 Å². The molecule has 0 spiro atoms. The molecule has 3 heterocycles. The van der Waals surface area contributed by atoms with E-state index in [0.29, 0.717) is 12.2 Å². The Labute approximate surface area is 219 Å². The van der Waals surface area contributed by atoms with Crippen LogP contribution in [0, 0.1) is 18.7 Å². The van der Waals surface area contributed by atoms with Crippen molar-refractivity contribution in [1.29, 1.82) is 0 Å². The van der Waals surface area contributed by atoms with E-state index in [0.717, 1.165) is 33.3 Å². The van der Waals surface area contributed by atoms with E-state index in [-0.39, 0.29) is 35.4 Å². The summed E-state index contributed by atoms with van der Waals surface area (Å²) in [7, 11) is 0. The van der Waals surface area contributed by atoms with Gasteiger partial charge in [-0.3, -0.25) is 19.1 Å². The number of anilines is 1. The summed E-state index contributed by atoms with van der Waals surface area (Å²) in [6.07, 6.45) is 7.38. The topological polar surface area (TPSA) is 81.8 Å². The molecule has 8 heteroatoms. The van der Waals surface area contributed by atoms with Crippen LogP contribution in [0.5, 0.6) is 0 Å². The highest BCUT2D eigenvalue weighted by Crippen LogP contribution is 2.24. The second-order valence-corrected chi connectivity index (χ2v) is 9.44. The molecule has 1 amide bonds. The van der Waals surface area contributed by atoms with Gasteiger partial charge in [-0.15, -0.1) is 0 Å². The van der Waals surface area contributed by atoms with Crippen LogP contribution in [0.25, 0.3) is 28.0 Å². The number of carbonyl (C=O) groups is 1. The number of pyridine rings is 1. The van der Waals surface area contributed by atoms with Gasteiger partial charge in [0.1, 0.15) is 17.3 Å². The van der Waals surface area contributed by atoms with E-state index in [9.17, 15) is 14.0 Å². The third-order valence-electron chi connectivity index (χ3n) is 6.80. The maximum atomic E-state index is 13.7. The number of nitrogens with zero attached hydrogens (tertiary/aromatic N) is 4. The SMILES string of the molecule is CC[C@@H](C)C(=O)Nc1cnc(-c2ccccc2C)n(Cc2cncc(-n3ccc4cc(F)ccc43)c2)c1=O. The lowest BCUT2D eigenvalue weighted by Crippen LogP contribution is -2.30. The number of fused-ring (bicyclic) bond motifs is 1. The Morgan fingerprint density at radius 3 is 2.68 bits per heavy atom. The summed E-state index contributed by atoms with van der Waals surface area (Å²) >= 11 is 0. The minimum atomic E-state index is -0.345. The van der Waals surface area contributed by atoms with Crippen molar-refractivity contribution in [3.05, 3.63) is 107 Å². The van der Waals surface area contributed by atoms with Crippen LogP contribution >= 0.6 is 0 Å². The first-order valence-corrected chi connectivity index (χ1v) is 12.5. The molecule has 1 N–H and O–H groups in total. The molecule has 0 saturated heterocycles. The van der Waals surface area contributed by atoms with E-state index in [1.165, 1.54) is 18.3 Å². The number of rotatable bonds is 7. The summed E-state index contributed by atoms with van der Waals surface area (Å²) in [5.41, 5.74) is 3.99. The molecule has 0 saturated carbocycles. The summed E-state index contributed by atoms with van der Waals surface area (Å²) in [6.45, 7) is 5.90. The molecule has 1 atom stereocenters. The molecule has 2 aromatic carbocycles. The van der Waals surface area contributed by atoms with Gasteiger partial charge in [-0.2, -0.15) is 0 Å². The standard InChI is InChI=1S/C30H28FN5O2/c1-4-19(2)29(37)34-26-17-33-28(25-8-6-5-7-20(25)3)36(30(26)38)18-21-13-24(16-32-15-21)35-12-11-22-14-23(31)9-10-27(22)35/h5-17,19H,4,18H2,1-3H3,(H,34,37)/t19-/m1/s1. The van der Waals surface area contributed by atoms with Gasteiger partial charge in [0.15, 0.2) is 0 Å². The Hall–Kier alpha value is -4.59. The number of amides is 1. The molecule has 38 heavy (non-hydrogen) atoms. The van der Waals surface area contributed by atoms with Crippen LogP contribution in [-0.4, -0.2) is 25.0 Å². The fourth-order valence-electron chi connectivity index (χ4n) is 4.42. The van der Waals surface area contributed by atoms with E-state index in [1.807, 2.05) is 67.9 Å². The lowest BCUT2D eigenvalue weighted by molar-refractivity contribution is -0.119. The highest BCUT2D eigenvalue weighted by molar-refractivity contribution is 5.92. The van der Waals surface area contributed by atoms with Crippen LogP contribution in [0.2, 0.25) is 0 Å². The van der Waals surface area contributed by atoms with Gasteiger partial charge in [-0.25, -0.2) is 9.37 Å². The molecular formula is C30H28FN5O2. The highest BCUT2D eigenvalue weighted by Gasteiger charge is 2.18. The molecule has 7 nitrogen and oxygen atoms in total. The van der Waals surface area contributed by atoms with E-state index >= 15 is 0 Å². The summed E-state index contributed by atoms with van der Waals surface area (Å²) < 4.78 is 17.2. The molecule has 0 aliphatic carbocycles. The van der Waals surface area contributed by atoms with E-state index in [2.05, 4.69) is 15.3 Å². The predicted octanol–water partition coefficient (Wildman–Crippen LogP) is 5.73. The first-order valence-electron chi connectivity index (χ1n) is 12.5. The normalized spacial score (nSPS) is 12.0. The average molecular weight is 510 g/mol. The zero-order valence-corrected chi connectivity index (χ0v) is 21.5. The van der Waals surface area contributed by atoms with Crippen molar-refractivity contribution >= 4 is 22.5 Å². The number of aryl methyl sites for hydroxylation is 1. The summed E-state index contributed by atoms with van der Waals surface area (Å²) in [5, 5.41) is 3.53. The third kappa shape index (κ3) is 4.85. The summed E-state index contributed by atoms with van der Waals surface area (Å²) in [6, 6.07) is 16.1. The second kappa shape index (κ2) is 10.4. The van der Waals surface area contributed by atoms with Crippen LogP contribution in [0.1, 0.15) is 31.4 Å². The monoisotopic (exact) mass is 509 g/mol. The number of nitrogens with one attached hydrogen (secondary N) is 1. The first-order chi connectivity index (χ1) is 18.4. The molecule has 5 rings (SSSR count). The van der Waals surface area contributed by atoms with Gasteiger partial charge in [0.25, 0.3) is 5.56 Å². The minimum Gasteiger partial charge on any atom is -0.320 e. The predicted molar refractivity (Wildman–Crippen MR) is 147 cm³/mol. The zero-order valence-electron chi connectivity index (χ0n) is 21.5.